The second-order valence-electron chi connectivity index (χ2n) is 5.29. The Morgan fingerprint density at radius 2 is 1.95 bits per heavy atom. The average molecular weight is 282 g/mol. The van der Waals surface area contributed by atoms with Crippen LogP contribution in [0.25, 0.3) is 5.69 Å². The summed E-state index contributed by atoms with van der Waals surface area (Å²) < 4.78 is 3.69. The Morgan fingerprint density at radius 1 is 1.19 bits per heavy atom. The number of aromatic nitrogens is 5. The molecule has 1 aromatic carbocycles. The lowest BCUT2D eigenvalue weighted by atomic mass is 10.1. The van der Waals surface area contributed by atoms with Crippen LogP contribution in [0.2, 0.25) is 0 Å². The van der Waals surface area contributed by atoms with Crippen LogP contribution in [0.1, 0.15) is 31.0 Å². The van der Waals surface area contributed by atoms with Crippen molar-refractivity contribution < 1.29 is 0 Å². The number of nitrogen functional groups attached to an aromatic ring is 1. The smallest absolute Gasteiger partial charge is 0.169 e. The van der Waals surface area contributed by atoms with Crippen LogP contribution in [0.15, 0.2) is 42.7 Å². The van der Waals surface area contributed by atoms with E-state index in [1.54, 1.807) is 6.20 Å². The van der Waals surface area contributed by atoms with Crippen LogP contribution < -0.4 is 5.73 Å². The van der Waals surface area contributed by atoms with Crippen LogP contribution >= 0.6 is 0 Å². The first-order valence-corrected chi connectivity index (χ1v) is 6.93. The molecule has 0 spiro atoms. The average Bonchev–Trinajstić information content (AvgIpc) is 3.10. The lowest BCUT2D eigenvalue weighted by molar-refractivity contribution is 0.598. The van der Waals surface area contributed by atoms with Gasteiger partial charge in [-0.15, -0.1) is 5.10 Å². The number of benzene rings is 1. The first-order chi connectivity index (χ1) is 10.1. The lowest BCUT2D eigenvalue weighted by Gasteiger charge is -2.10. The monoisotopic (exact) mass is 282 g/mol. The molecule has 6 heteroatoms. The molecule has 0 fully saturated rings. The van der Waals surface area contributed by atoms with Gasteiger partial charge in [0.25, 0.3) is 0 Å². The molecular weight excluding hydrogens is 264 g/mol. The molecule has 3 aromatic rings. The van der Waals surface area contributed by atoms with E-state index in [1.165, 1.54) is 0 Å². The summed E-state index contributed by atoms with van der Waals surface area (Å²) in [4.78, 5) is 0. The predicted molar refractivity (Wildman–Crippen MR) is 81.2 cm³/mol. The van der Waals surface area contributed by atoms with Crippen LogP contribution in [0.4, 0.5) is 5.82 Å². The van der Waals surface area contributed by atoms with Gasteiger partial charge < -0.3 is 5.73 Å². The van der Waals surface area contributed by atoms with Gasteiger partial charge in [-0.25, -0.2) is 9.36 Å². The highest BCUT2D eigenvalue weighted by atomic mass is 15.4. The van der Waals surface area contributed by atoms with Gasteiger partial charge in [-0.3, -0.25) is 0 Å². The van der Waals surface area contributed by atoms with E-state index >= 15 is 0 Å². The van der Waals surface area contributed by atoms with E-state index in [1.807, 2.05) is 33.8 Å². The van der Waals surface area contributed by atoms with Crippen LogP contribution in [0, 0.1) is 0 Å². The van der Waals surface area contributed by atoms with Crippen molar-refractivity contribution in [3.63, 3.8) is 0 Å². The molecule has 0 saturated carbocycles. The number of nitrogens with zero attached hydrogens (tertiary/aromatic N) is 5. The van der Waals surface area contributed by atoms with Gasteiger partial charge in [0.15, 0.2) is 5.82 Å². The Hall–Kier alpha value is -2.63. The minimum Gasteiger partial charge on any atom is -0.381 e. The van der Waals surface area contributed by atoms with E-state index in [2.05, 4.69) is 41.4 Å². The lowest BCUT2D eigenvalue weighted by Crippen LogP contribution is -2.09. The molecule has 6 nitrogen and oxygen atoms in total. The molecule has 108 valence electrons. The highest BCUT2D eigenvalue weighted by Crippen LogP contribution is 2.20. The predicted octanol–water partition coefficient (Wildman–Crippen LogP) is 2.22. The third-order valence-electron chi connectivity index (χ3n) is 3.39. The maximum Gasteiger partial charge on any atom is 0.169 e. The molecule has 2 heterocycles. The summed E-state index contributed by atoms with van der Waals surface area (Å²) in [5, 5.41) is 12.3. The van der Waals surface area contributed by atoms with Gasteiger partial charge in [0, 0.05) is 12.4 Å². The van der Waals surface area contributed by atoms with Crippen molar-refractivity contribution in [3.05, 3.63) is 54.0 Å². The van der Waals surface area contributed by atoms with Gasteiger partial charge in [-0.05, 0) is 29.7 Å². The van der Waals surface area contributed by atoms with Crippen LogP contribution in [-0.2, 0) is 6.54 Å². The van der Waals surface area contributed by atoms with Crippen LogP contribution in [0.3, 0.4) is 0 Å². The Balaban J connectivity index is 1.83. The fraction of sp³-hybridized carbons (Fsp3) is 0.267. The number of rotatable bonds is 4. The van der Waals surface area contributed by atoms with Crippen LogP contribution in [-0.4, -0.2) is 24.8 Å². The number of hydrogen-bond acceptors (Lipinski definition) is 4. The quantitative estimate of drug-likeness (QED) is 0.796. The van der Waals surface area contributed by atoms with Crippen molar-refractivity contribution in [1.29, 1.82) is 0 Å². The number of nitrogens with two attached hydrogens (primary N) is 1. The van der Waals surface area contributed by atoms with Gasteiger partial charge in [-0.2, -0.15) is 5.10 Å². The van der Waals surface area contributed by atoms with E-state index in [0.29, 0.717) is 18.3 Å². The second kappa shape index (κ2) is 5.40. The highest BCUT2D eigenvalue weighted by Gasteiger charge is 2.13. The summed E-state index contributed by atoms with van der Waals surface area (Å²) in [7, 11) is 0. The van der Waals surface area contributed by atoms with Crippen LogP contribution in [0.5, 0.6) is 0 Å². The van der Waals surface area contributed by atoms with E-state index in [0.717, 1.165) is 16.9 Å². The molecule has 0 atom stereocenters. The van der Waals surface area contributed by atoms with Crippen molar-refractivity contribution in [2.45, 2.75) is 26.3 Å². The zero-order valence-electron chi connectivity index (χ0n) is 12.1. The maximum absolute atomic E-state index is 5.88. The van der Waals surface area contributed by atoms with Crippen molar-refractivity contribution in [1.82, 2.24) is 24.8 Å². The summed E-state index contributed by atoms with van der Waals surface area (Å²) in [6.07, 6.45) is 3.69. The fourth-order valence-electron chi connectivity index (χ4n) is 2.39. The summed E-state index contributed by atoms with van der Waals surface area (Å²) in [6, 6.07) is 10.1. The first-order valence-electron chi connectivity index (χ1n) is 6.93. The zero-order chi connectivity index (χ0) is 14.8. The molecule has 0 bridgehead atoms. The molecule has 2 aromatic heterocycles. The van der Waals surface area contributed by atoms with Gasteiger partial charge in [0.05, 0.1) is 17.9 Å². The van der Waals surface area contributed by atoms with E-state index in [9.17, 15) is 0 Å². The van der Waals surface area contributed by atoms with Gasteiger partial charge in [-0.1, -0.05) is 31.2 Å². The topological polar surface area (TPSA) is 74.5 Å². The van der Waals surface area contributed by atoms with E-state index in [-0.39, 0.29) is 0 Å². The molecule has 0 aliphatic heterocycles. The minimum atomic E-state index is 0.295. The number of anilines is 1. The Bertz CT molecular complexity index is 709. The third kappa shape index (κ3) is 2.65. The maximum atomic E-state index is 5.88. The van der Waals surface area contributed by atoms with Gasteiger partial charge >= 0.3 is 0 Å². The van der Waals surface area contributed by atoms with Crippen molar-refractivity contribution >= 4 is 5.82 Å². The largest absolute Gasteiger partial charge is 0.381 e. The normalized spacial score (nSPS) is 11.2. The van der Waals surface area contributed by atoms with E-state index in [4.69, 9.17) is 5.73 Å². The van der Waals surface area contributed by atoms with Crippen molar-refractivity contribution in [2.75, 3.05) is 5.73 Å². The Kier molecular flexibility index (Phi) is 3.43. The number of hydrogen-bond donors (Lipinski definition) is 1. The molecule has 0 unspecified atom stereocenters. The SMILES string of the molecule is CC(C)c1c(N)nnn1Cc1ccc(-n2cccn2)cc1. The summed E-state index contributed by atoms with van der Waals surface area (Å²) in [5.41, 5.74) is 9.04. The standard InChI is InChI=1S/C15H18N6/c1-11(2)14-15(16)18-19-21(14)10-12-4-6-13(7-5-12)20-9-3-8-17-20/h3-9,11H,10,16H2,1-2H3. The Morgan fingerprint density at radius 3 is 2.57 bits per heavy atom. The summed E-state index contributed by atoms with van der Waals surface area (Å²) in [6.45, 7) is 4.84. The van der Waals surface area contributed by atoms with Crippen molar-refractivity contribution in [2.24, 2.45) is 0 Å². The molecular formula is C15H18N6. The fourth-order valence-corrected chi connectivity index (χ4v) is 2.39. The second-order valence-corrected chi connectivity index (χ2v) is 5.29. The third-order valence-corrected chi connectivity index (χ3v) is 3.39. The van der Waals surface area contributed by atoms with Gasteiger partial charge in [0.1, 0.15) is 0 Å². The molecule has 0 aliphatic carbocycles. The molecule has 0 aliphatic rings. The summed E-state index contributed by atoms with van der Waals surface area (Å²) >= 11 is 0. The molecule has 21 heavy (non-hydrogen) atoms. The minimum absolute atomic E-state index is 0.295. The summed E-state index contributed by atoms with van der Waals surface area (Å²) in [5.74, 6) is 0.807. The molecule has 0 amide bonds. The van der Waals surface area contributed by atoms with Crippen molar-refractivity contribution in [3.8, 4) is 5.69 Å². The van der Waals surface area contributed by atoms with Gasteiger partial charge in [0.2, 0.25) is 0 Å². The Labute approximate surface area is 123 Å². The molecule has 0 radical (unpaired) electrons. The first kappa shape index (κ1) is 13.4. The molecule has 0 saturated heterocycles. The molecule has 2 N–H and O–H groups in total. The molecule has 3 rings (SSSR count). The highest BCUT2D eigenvalue weighted by molar-refractivity contribution is 5.37. The zero-order valence-corrected chi connectivity index (χ0v) is 12.1. The van der Waals surface area contributed by atoms with E-state index < -0.39 is 0 Å².